The lowest BCUT2D eigenvalue weighted by Gasteiger charge is -2.25. The number of carbonyl (C=O) groups is 2. The topological polar surface area (TPSA) is 96.5 Å². The Kier molecular flexibility index (Phi) is 4.03. The maximum Gasteiger partial charge on any atom is 0.326 e. The zero-order valence-electron chi connectivity index (χ0n) is 9.75. The van der Waals surface area contributed by atoms with E-state index in [1.54, 1.807) is 24.9 Å². The lowest BCUT2D eigenvalue weighted by molar-refractivity contribution is -0.138. The SMILES string of the molecule is CCC(C(=O)O)N(C)c1ccnc(C(N)=O)c1. The van der Waals surface area contributed by atoms with Crippen molar-refractivity contribution in [3.05, 3.63) is 24.0 Å². The predicted octanol–water partition coefficient (Wildman–Crippen LogP) is 0.480. The average molecular weight is 237 g/mol. The first kappa shape index (κ1) is 13.0. The monoisotopic (exact) mass is 237 g/mol. The number of rotatable bonds is 5. The van der Waals surface area contributed by atoms with Crippen molar-refractivity contribution >= 4 is 17.6 Å². The quantitative estimate of drug-likeness (QED) is 0.776. The van der Waals surface area contributed by atoms with Crippen molar-refractivity contribution in [2.24, 2.45) is 5.73 Å². The Morgan fingerprint density at radius 1 is 1.59 bits per heavy atom. The number of primary amides is 1. The summed E-state index contributed by atoms with van der Waals surface area (Å²) in [6, 6.07) is 2.48. The zero-order valence-corrected chi connectivity index (χ0v) is 9.75. The Labute approximate surface area is 99.1 Å². The summed E-state index contributed by atoms with van der Waals surface area (Å²) in [5, 5.41) is 9.03. The summed E-state index contributed by atoms with van der Waals surface area (Å²) in [4.78, 5) is 27.4. The number of amides is 1. The van der Waals surface area contributed by atoms with E-state index in [-0.39, 0.29) is 5.69 Å². The molecule has 17 heavy (non-hydrogen) atoms. The molecule has 0 aliphatic rings. The number of nitrogens with zero attached hydrogens (tertiary/aromatic N) is 2. The van der Waals surface area contributed by atoms with Crippen LogP contribution in [-0.4, -0.2) is 35.1 Å². The molecule has 0 bridgehead atoms. The van der Waals surface area contributed by atoms with E-state index in [9.17, 15) is 9.59 Å². The van der Waals surface area contributed by atoms with E-state index in [1.165, 1.54) is 12.3 Å². The van der Waals surface area contributed by atoms with Crippen molar-refractivity contribution < 1.29 is 14.7 Å². The van der Waals surface area contributed by atoms with Gasteiger partial charge in [-0.05, 0) is 18.6 Å². The van der Waals surface area contributed by atoms with Crippen molar-refractivity contribution in [2.75, 3.05) is 11.9 Å². The predicted molar refractivity (Wildman–Crippen MR) is 62.9 cm³/mol. The molecule has 0 spiro atoms. The molecule has 1 atom stereocenters. The van der Waals surface area contributed by atoms with Crippen molar-refractivity contribution in [3.8, 4) is 0 Å². The van der Waals surface area contributed by atoms with Crippen molar-refractivity contribution in [3.63, 3.8) is 0 Å². The first-order chi connectivity index (χ1) is 7.97. The van der Waals surface area contributed by atoms with Crippen LogP contribution >= 0.6 is 0 Å². The van der Waals surface area contributed by atoms with E-state index >= 15 is 0 Å². The summed E-state index contributed by atoms with van der Waals surface area (Å²) in [6.07, 6.45) is 1.89. The van der Waals surface area contributed by atoms with E-state index < -0.39 is 17.9 Å². The average Bonchev–Trinajstić information content (AvgIpc) is 2.29. The second kappa shape index (κ2) is 5.29. The molecule has 3 N–H and O–H groups in total. The third-order valence-electron chi connectivity index (χ3n) is 2.54. The van der Waals surface area contributed by atoms with Crippen molar-refractivity contribution in [1.82, 2.24) is 4.98 Å². The smallest absolute Gasteiger partial charge is 0.326 e. The molecular weight excluding hydrogens is 222 g/mol. The van der Waals surface area contributed by atoms with Crippen LogP contribution in [0.1, 0.15) is 23.8 Å². The third kappa shape index (κ3) is 2.93. The number of anilines is 1. The number of hydrogen-bond donors (Lipinski definition) is 2. The fourth-order valence-corrected chi connectivity index (χ4v) is 1.57. The number of carboxylic acids is 1. The highest BCUT2D eigenvalue weighted by Crippen LogP contribution is 2.17. The summed E-state index contributed by atoms with van der Waals surface area (Å²) in [5.74, 6) is -1.55. The fourth-order valence-electron chi connectivity index (χ4n) is 1.57. The molecule has 0 saturated carbocycles. The normalized spacial score (nSPS) is 11.9. The maximum absolute atomic E-state index is 11.0. The molecule has 92 valence electrons. The van der Waals surface area contributed by atoms with Crippen LogP contribution in [0.15, 0.2) is 18.3 Å². The van der Waals surface area contributed by atoms with E-state index in [0.29, 0.717) is 12.1 Å². The van der Waals surface area contributed by atoms with Crippen LogP contribution in [0.3, 0.4) is 0 Å². The highest BCUT2D eigenvalue weighted by molar-refractivity contribution is 5.91. The molecule has 0 fully saturated rings. The Hall–Kier alpha value is -2.11. The summed E-state index contributed by atoms with van der Waals surface area (Å²) >= 11 is 0. The molecule has 0 radical (unpaired) electrons. The molecule has 0 aromatic carbocycles. The van der Waals surface area contributed by atoms with Gasteiger partial charge in [-0.15, -0.1) is 0 Å². The van der Waals surface area contributed by atoms with Gasteiger partial charge in [-0.2, -0.15) is 0 Å². The van der Waals surface area contributed by atoms with Crippen LogP contribution < -0.4 is 10.6 Å². The molecule has 0 saturated heterocycles. The summed E-state index contributed by atoms with van der Waals surface area (Å²) < 4.78 is 0. The fraction of sp³-hybridized carbons (Fsp3) is 0.364. The van der Waals surface area contributed by atoms with E-state index in [2.05, 4.69) is 4.98 Å². The third-order valence-corrected chi connectivity index (χ3v) is 2.54. The van der Waals surface area contributed by atoms with Gasteiger partial charge in [-0.1, -0.05) is 6.92 Å². The second-order valence-corrected chi connectivity index (χ2v) is 3.64. The van der Waals surface area contributed by atoms with Gasteiger partial charge in [0.05, 0.1) is 0 Å². The number of likely N-dealkylation sites (N-methyl/N-ethyl adjacent to an activating group) is 1. The number of aliphatic carboxylic acids is 1. The molecule has 6 nitrogen and oxygen atoms in total. The number of hydrogen-bond acceptors (Lipinski definition) is 4. The molecule has 1 heterocycles. The largest absolute Gasteiger partial charge is 0.480 e. The van der Waals surface area contributed by atoms with Gasteiger partial charge in [0.25, 0.3) is 5.91 Å². The van der Waals surface area contributed by atoms with Crippen LogP contribution in [0.4, 0.5) is 5.69 Å². The molecule has 0 aliphatic carbocycles. The molecule has 0 aliphatic heterocycles. The second-order valence-electron chi connectivity index (χ2n) is 3.64. The highest BCUT2D eigenvalue weighted by atomic mass is 16.4. The summed E-state index contributed by atoms with van der Waals surface area (Å²) in [5.41, 5.74) is 5.83. The van der Waals surface area contributed by atoms with E-state index in [4.69, 9.17) is 10.8 Å². The van der Waals surface area contributed by atoms with Crippen LogP contribution in [0.5, 0.6) is 0 Å². The van der Waals surface area contributed by atoms with Crippen molar-refractivity contribution in [1.29, 1.82) is 0 Å². The zero-order chi connectivity index (χ0) is 13.0. The van der Waals surface area contributed by atoms with Gasteiger partial charge in [0.2, 0.25) is 0 Å². The van der Waals surface area contributed by atoms with E-state index in [1.807, 2.05) is 0 Å². The number of aromatic nitrogens is 1. The summed E-state index contributed by atoms with van der Waals surface area (Å²) in [7, 11) is 1.66. The summed E-state index contributed by atoms with van der Waals surface area (Å²) in [6.45, 7) is 1.78. The Balaban J connectivity index is 3.02. The molecule has 1 aromatic rings. The number of pyridine rings is 1. The lowest BCUT2D eigenvalue weighted by atomic mass is 10.2. The van der Waals surface area contributed by atoms with Gasteiger partial charge >= 0.3 is 5.97 Å². The first-order valence-corrected chi connectivity index (χ1v) is 5.18. The number of nitrogens with two attached hydrogens (primary N) is 1. The highest BCUT2D eigenvalue weighted by Gasteiger charge is 2.21. The minimum atomic E-state index is -0.910. The lowest BCUT2D eigenvalue weighted by Crippen LogP contribution is -2.38. The molecular formula is C11H15N3O3. The van der Waals surface area contributed by atoms with Crippen LogP contribution in [-0.2, 0) is 4.79 Å². The Morgan fingerprint density at radius 3 is 2.71 bits per heavy atom. The van der Waals surface area contributed by atoms with Crippen LogP contribution in [0.2, 0.25) is 0 Å². The molecule has 1 aromatic heterocycles. The minimum Gasteiger partial charge on any atom is -0.480 e. The molecule has 1 amide bonds. The Morgan fingerprint density at radius 2 is 2.24 bits per heavy atom. The molecule has 6 heteroatoms. The van der Waals surface area contributed by atoms with Gasteiger partial charge in [0, 0.05) is 18.9 Å². The maximum atomic E-state index is 11.0. The molecule has 1 rings (SSSR count). The van der Waals surface area contributed by atoms with Gasteiger partial charge in [-0.3, -0.25) is 9.78 Å². The molecule has 1 unspecified atom stereocenters. The van der Waals surface area contributed by atoms with Gasteiger partial charge in [0.1, 0.15) is 11.7 Å². The number of carboxylic acid groups (broad SMARTS) is 1. The van der Waals surface area contributed by atoms with Crippen molar-refractivity contribution in [2.45, 2.75) is 19.4 Å². The van der Waals surface area contributed by atoms with Gasteiger partial charge in [-0.25, -0.2) is 4.79 Å². The first-order valence-electron chi connectivity index (χ1n) is 5.18. The van der Waals surface area contributed by atoms with Gasteiger partial charge in [0.15, 0.2) is 0 Å². The van der Waals surface area contributed by atoms with Crippen LogP contribution in [0, 0.1) is 0 Å². The van der Waals surface area contributed by atoms with E-state index in [0.717, 1.165) is 0 Å². The number of carbonyl (C=O) groups excluding carboxylic acids is 1. The standard InChI is InChI=1S/C11H15N3O3/c1-3-9(11(16)17)14(2)7-4-5-13-8(6-7)10(12)15/h4-6,9H,3H2,1-2H3,(H2,12,15)(H,16,17). The minimum absolute atomic E-state index is 0.120. The van der Waals surface area contributed by atoms with Crippen LogP contribution in [0.25, 0.3) is 0 Å². The Bertz CT molecular complexity index is 434. The van der Waals surface area contributed by atoms with Gasteiger partial charge < -0.3 is 15.7 Å².